The van der Waals surface area contributed by atoms with Gasteiger partial charge in [-0.05, 0) is 54.8 Å². The summed E-state index contributed by atoms with van der Waals surface area (Å²) in [6.45, 7) is 5.21. The Morgan fingerprint density at radius 2 is 2.03 bits per heavy atom. The summed E-state index contributed by atoms with van der Waals surface area (Å²) >= 11 is 1.28. The third-order valence-electron chi connectivity index (χ3n) is 5.60. The molecule has 3 aromatic rings. The van der Waals surface area contributed by atoms with Gasteiger partial charge in [0.2, 0.25) is 5.91 Å². The van der Waals surface area contributed by atoms with Gasteiger partial charge in [0.25, 0.3) is 5.56 Å². The van der Waals surface area contributed by atoms with E-state index in [2.05, 4.69) is 5.32 Å². The molecular weight excluding hydrogens is 402 g/mol. The topological polar surface area (TPSA) is 82.3 Å². The van der Waals surface area contributed by atoms with Gasteiger partial charge >= 0.3 is 5.69 Å². The molecule has 158 valence electrons. The van der Waals surface area contributed by atoms with Crippen molar-refractivity contribution in [3.8, 4) is 0 Å². The fraction of sp³-hybridized carbons (Fsp3) is 0.409. The summed E-state index contributed by atoms with van der Waals surface area (Å²) in [5, 5.41) is 4.62. The number of fused-ring (bicyclic) bond motifs is 1. The molecule has 0 unspecified atom stereocenters. The van der Waals surface area contributed by atoms with E-state index in [0.717, 1.165) is 36.1 Å². The number of carbonyl (C=O) groups excluding carboxylic acids is 1. The van der Waals surface area contributed by atoms with Crippen LogP contribution in [0.4, 0.5) is 0 Å². The number of amides is 1. The van der Waals surface area contributed by atoms with E-state index in [0.29, 0.717) is 16.8 Å². The van der Waals surface area contributed by atoms with Crippen molar-refractivity contribution in [1.82, 2.24) is 14.5 Å². The van der Waals surface area contributed by atoms with E-state index in [4.69, 9.17) is 4.74 Å². The molecule has 3 heterocycles. The van der Waals surface area contributed by atoms with Gasteiger partial charge in [0.1, 0.15) is 11.2 Å². The first kappa shape index (κ1) is 20.6. The minimum atomic E-state index is -0.476. The smallest absolute Gasteiger partial charge is 0.332 e. The lowest BCUT2D eigenvalue weighted by molar-refractivity contribution is -0.122. The van der Waals surface area contributed by atoms with Gasteiger partial charge in [-0.1, -0.05) is 18.2 Å². The molecule has 1 N–H and O–H groups in total. The average molecular weight is 428 g/mol. The van der Waals surface area contributed by atoms with Crippen molar-refractivity contribution in [1.29, 1.82) is 0 Å². The van der Waals surface area contributed by atoms with Crippen molar-refractivity contribution in [3.05, 3.63) is 67.2 Å². The minimum Gasteiger partial charge on any atom is -0.376 e. The number of hydrogen-bond acceptors (Lipinski definition) is 5. The van der Waals surface area contributed by atoms with Crippen LogP contribution in [0.1, 0.15) is 29.5 Å². The summed E-state index contributed by atoms with van der Waals surface area (Å²) < 4.78 is 8.61. The van der Waals surface area contributed by atoms with Crippen LogP contribution >= 0.6 is 11.3 Å². The standard InChI is InChI=1S/C22H25N3O4S/c1-14-5-6-16(10-15(14)2)12-25-21(27)20-18(7-9-30-20)24(22(25)28)13-19(26)23-11-17-4-3-8-29-17/h5-7,9-10,17H,3-4,8,11-13H2,1-2H3,(H,23,26)/t17-/m0/s1. The molecule has 0 saturated carbocycles. The van der Waals surface area contributed by atoms with Gasteiger partial charge < -0.3 is 10.1 Å². The van der Waals surface area contributed by atoms with Crippen molar-refractivity contribution in [3.63, 3.8) is 0 Å². The van der Waals surface area contributed by atoms with E-state index in [1.165, 1.54) is 20.5 Å². The van der Waals surface area contributed by atoms with Gasteiger partial charge in [-0.2, -0.15) is 0 Å². The van der Waals surface area contributed by atoms with Crippen molar-refractivity contribution < 1.29 is 9.53 Å². The number of rotatable bonds is 6. The summed E-state index contributed by atoms with van der Waals surface area (Å²) in [6, 6.07) is 7.61. The Morgan fingerprint density at radius 3 is 2.77 bits per heavy atom. The van der Waals surface area contributed by atoms with Gasteiger partial charge in [0, 0.05) is 13.2 Å². The van der Waals surface area contributed by atoms with Crippen LogP contribution in [0, 0.1) is 13.8 Å². The average Bonchev–Trinajstić information content (AvgIpc) is 3.41. The maximum atomic E-state index is 13.2. The molecule has 0 bridgehead atoms. The highest BCUT2D eigenvalue weighted by Crippen LogP contribution is 2.16. The van der Waals surface area contributed by atoms with E-state index in [1.54, 1.807) is 11.4 Å². The molecule has 1 fully saturated rings. The Kier molecular flexibility index (Phi) is 5.87. The Labute approximate surface area is 177 Å². The molecule has 2 aromatic heterocycles. The van der Waals surface area contributed by atoms with Crippen molar-refractivity contribution in [2.75, 3.05) is 13.2 Å². The fourth-order valence-corrected chi connectivity index (χ4v) is 4.59. The first-order chi connectivity index (χ1) is 14.4. The maximum absolute atomic E-state index is 13.2. The molecule has 30 heavy (non-hydrogen) atoms. The number of aryl methyl sites for hydroxylation is 2. The predicted molar refractivity (Wildman–Crippen MR) is 117 cm³/mol. The van der Waals surface area contributed by atoms with Crippen LogP contribution in [-0.2, 0) is 22.6 Å². The van der Waals surface area contributed by atoms with Crippen LogP contribution < -0.4 is 16.6 Å². The number of thiophene rings is 1. The molecule has 1 atom stereocenters. The SMILES string of the molecule is Cc1ccc(Cn2c(=O)c3sccc3n(CC(=O)NC[C@@H]3CCCO3)c2=O)cc1C. The van der Waals surface area contributed by atoms with Crippen LogP contribution in [-0.4, -0.2) is 34.3 Å². The molecule has 1 aliphatic heterocycles. The number of aromatic nitrogens is 2. The second kappa shape index (κ2) is 8.57. The Hall–Kier alpha value is -2.71. The number of carbonyl (C=O) groups is 1. The van der Waals surface area contributed by atoms with Crippen LogP contribution in [0.5, 0.6) is 0 Å². The highest BCUT2D eigenvalue weighted by molar-refractivity contribution is 7.17. The Bertz CT molecular complexity index is 1200. The molecule has 1 amide bonds. The number of ether oxygens (including phenoxy) is 1. The first-order valence-corrected chi connectivity index (χ1v) is 11.0. The summed E-state index contributed by atoms with van der Waals surface area (Å²) in [5.41, 5.74) is 2.84. The summed E-state index contributed by atoms with van der Waals surface area (Å²) in [5.74, 6) is -0.267. The third-order valence-corrected chi connectivity index (χ3v) is 6.49. The molecule has 1 saturated heterocycles. The maximum Gasteiger partial charge on any atom is 0.332 e. The van der Waals surface area contributed by atoms with Gasteiger partial charge in [-0.15, -0.1) is 11.3 Å². The summed E-state index contributed by atoms with van der Waals surface area (Å²) in [7, 11) is 0. The molecule has 0 spiro atoms. The highest BCUT2D eigenvalue weighted by atomic mass is 32.1. The molecule has 0 aliphatic carbocycles. The van der Waals surface area contributed by atoms with Crippen molar-refractivity contribution in [2.24, 2.45) is 0 Å². The first-order valence-electron chi connectivity index (χ1n) is 10.1. The lowest BCUT2D eigenvalue weighted by atomic mass is 10.1. The minimum absolute atomic E-state index is 0.0329. The number of benzene rings is 1. The van der Waals surface area contributed by atoms with Gasteiger partial charge in [-0.25, -0.2) is 4.79 Å². The molecule has 0 radical (unpaired) electrons. The van der Waals surface area contributed by atoms with Crippen molar-refractivity contribution >= 4 is 27.5 Å². The van der Waals surface area contributed by atoms with E-state index in [9.17, 15) is 14.4 Å². The van der Waals surface area contributed by atoms with E-state index in [1.807, 2.05) is 32.0 Å². The molecule has 1 aliphatic rings. The summed E-state index contributed by atoms with van der Waals surface area (Å²) in [4.78, 5) is 38.6. The second-order valence-corrected chi connectivity index (χ2v) is 8.67. The van der Waals surface area contributed by atoms with Crippen LogP contribution in [0.15, 0.2) is 39.2 Å². The summed E-state index contributed by atoms with van der Waals surface area (Å²) in [6.07, 6.45) is 1.96. The number of hydrogen-bond donors (Lipinski definition) is 1. The van der Waals surface area contributed by atoms with Crippen LogP contribution in [0.3, 0.4) is 0 Å². The lowest BCUT2D eigenvalue weighted by Gasteiger charge is -2.14. The molecule has 7 nitrogen and oxygen atoms in total. The van der Waals surface area contributed by atoms with E-state index >= 15 is 0 Å². The second-order valence-electron chi connectivity index (χ2n) is 7.75. The van der Waals surface area contributed by atoms with Crippen LogP contribution in [0.25, 0.3) is 10.2 Å². The quantitative estimate of drug-likeness (QED) is 0.654. The lowest BCUT2D eigenvalue weighted by Crippen LogP contribution is -2.43. The zero-order chi connectivity index (χ0) is 21.3. The number of nitrogens with one attached hydrogen (secondary N) is 1. The Balaban J connectivity index is 1.64. The predicted octanol–water partition coefficient (Wildman–Crippen LogP) is 2.19. The van der Waals surface area contributed by atoms with Gasteiger partial charge in [-0.3, -0.25) is 18.7 Å². The zero-order valence-electron chi connectivity index (χ0n) is 17.1. The molecule has 1 aromatic carbocycles. The zero-order valence-corrected chi connectivity index (χ0v) is 18.0. The van der Waals surface area contributed by atoms with Gasteiger partial charge in [0.05, 0.1) is 18.2 Å². The molecule has 8 heteroatoms. The monoisotopic (exact) mass is 427 g/mol. The van der Waals surface area contributed by atoms with E-state index in [-0.39, 0.29) is 30.7 Å². The van der Waals surface area contributed by atoms with Gasteiger partial charge in [0.15, 0.2) is 0 Å². The van der Waals surface area contributed by atoms with Crippen LogP contribution in [0.2, 0.25) is 0 Å². The largest absolute Gasteiger partial charge is 0.376 e. The number of nitrogens with zero attached hydrogens (tertiary/aromatic N) is 2. The Morgan fingerprint density at radius 1 is 1.20 bits per heavy atom. The fourth-order valence-electron chi connectivity index (χ4n) is 3.74. The normalized spacial score (nSPS) is 16.3. The van der Waals surface area contributed by atoms with Crippen molar-refractivity contribution in [2.45, 2.75) is 45.9 Å². The molecular formula is C22H25N3O4S. The molecule has 4 rings (SSSR count). The third kappa shape index (κ3) is 4.11. The van der Waals surface area contributed by atoms with E-state index < -0.39 is 5.69 Å². The highest BCUT2D eigenvalue weighted by Gasteiger charge is 2.19.